The molecule has 2 aromatic heterocycles. The zero-order valence-corrected chi connectivity index (χ0v) is 12.5. The fourth-order valence-corrected chi connectivity index (χ4v) is 2.67. The van der Waals surface area contributed by atoms with Crippen molar-refractivity contribution in [3.05, 3.63) is 52.6 Å². The number of H-pyrrole nitrogens is 1. The maximum atomic E-state index is 11.4. The molecule has 3 rings (SSSR count). The van der Waals surface area contributed by atoms with E-state index in [1.165, 1.54) is 17.8 Å². The number of aromatic nitrogens is 4. The summed E-state index contributed by atoms with van der Waals surface area (Å²) in [4.78, 5) is 18.1. The van der Waals surface area contributed by atoms with Crippen LogP contribution < -0.4 is 11.3 Å². The first-order valence-electron chi connectivity index (χ1n) is 6.54. The number of nitrogens with two attached hydrogens (primary N) is 1. The molecule has 0 unspecified atom stereocenters. The summed E-state index contributed by atoms with van der Waals surface area (Å²) in [5.41, 5.74) is 6.12. The molecule has 3 N–H and O–H groups in total. The van der Waals surface area contributed by atoms with Crippen LogP contribution in [0.2, 0.25) is 0 Å². The van der Waals surface area contributed by atoms with E-state index in [2.05, 4.69) is 20.2 Å². The highest BCUT2D eigenvalue weighted by molar-refractivity contribution is 7.99. The second-order valence-electron chi connectivity index (χ2n) is 4.55. The van der Waals surface area contributed by atoms with E-state index in [0.717, 1.165) is 5.56 Å². The van der Waals surface area contributed by atoms with Crippen LogP contribution in [0.1, 0.15) is 18.1 Å². The Bertz CT molecular complexity index is 831. The van der Waals surface area contributed by atoms with Gasteiger partial charge in [0.2, 0.25) is 11.8 Å². The molecule has 3 aromatic rings. The highest BCUT2D eigenvalue weighted by Gasteiger charge is 2.17. The Kier molecular flexibility index (Phi) is 3.92. The first-order chi connectivity index (χ1) is 10.6. The fraction of sp³-hybridized carbons (Fsp3) is 0.143. The van der Waals surface area contributed by atoms with Gasteiger partial charge in [-0.25, -0.2) is 4.98 Å². The minimum Gasteiger partial charge on any atom is -0.419 e. The van der Waals surface area contributed by atoms with E-state index in [9.17, 15) is 4.79 Å². The van der Waals surface area contributed by atoms with E-state index in [1.54, 1.807) is 0 Å². The summed E-state index contributed by atoms with van der Waals surface area (Å²) in [5.74, 6) is 1.08. The molecule has 0 saturated carbocycles. The van der Waals surface area contributed by atoms with Crippen LogP contribution in [0.25, 0.3) is 11.5 Å². The maximum Gasteiger partial charge on any atom is 0.253 e. The van der Waals surface area contributed by atoms with Crippen LogP contribution in [0.3, 0.4) is 0 Å². The number of nitrogen functional groups attached to an aromatic ring is 1. The minimum absolute atomic E-state index is 0.171. The lowest BCUT2D eigenvalue weighted by Crippen LogP contribution is -2.09. The molecular formula is C14H13N5O2S. The molecule has 0 saturated heterocycles. The minimum atomic E-state index is -0.294. The fourth-order valence-electron chi connectivity index (χ4n) is 1.82. The highest BCUT2D eigenvalue weighted by atomic mass is 32.2. The Hall–Kier alpha value is -2.61. The molecular weight excluding hydrogens is 302 g/mol. The van der Waals surface area contributed by atoms with Crippen molar-refractivity contribution >= 4 is 17.6 Å². The summed E-state index contributed by atoms with van der Waals surface area (Å²) in [6.07, 6.45) is 0. The Morgan fingerprint density at radius 1 is 1.27 bits per heavy atom. The average molecular weight is 315 g/mol. The summed E-state index contributed by atoms with van der Waals surface area (Å²) in [5, 5.41) is 8.32. The van der Waals surface area contributed by atoms with Gasteiger partial charge in [0.25, 0.3) is 5.56 Å². The summed E-state index contributed by atoms with van der Waals surface area (Å²) < 4.78 is 5.67. The molecule has 0 fully saturated rings. The van der Waals surface area contributed by atoms with Crippen molar-refractivity contribution in [1.29, 1.82) is 0 Å². The Morgan fingerprint density at radius 2 is 2.05 bits per heavy atom. The van der Waals surface area contributed by atoms with Gasteiger partial charge in [-0.15, -0.1) is 10.2 Å². The third kappa shape index (κ3) is 3.17. The molecule has 1 aromatic carbocycles. The number of rotatable bonds is 4. The van der Waals surface area contributed by atoms with Crippen LogP contribution >= 0.6 is 11.8 Å². The van der Waals surface area contributed by atoms with Crippen LogP contribution in [0, 0.1) is 0 Å². The molecule has 0 radical (unpaired) electrons. The van der Waals surface area contributed by atoms with Gasteiger partial charge in [0, 0.05) is 11.6 Å². The molecule has 22 heavy (non-hydrogen) atoms. The van der Waals surface area contributed by atoms with Gasteiger partial charge in [-0.1, -0.05) is 30.0 Å². The van der Waals surface area contributed by atoms with Gasteiger partial charge in [0.1, 0.15) is 5.82 Å². The maximum absolute atomic E-state index is 11.4. The first-order valence-corrected chi connectivity index (χ1v) is 7.42. The van der Waals surface area contributed by atoms with Crippen molar-refractivity contribution in [3.63, 3.8) is 0 Å². The lowest BCUT2D eigenvalue weighted by Gasteiger charge is -2.05. The van der Waals surface area contributed by atoms with E-state index >= 15 is 0 Å². The number of nitrogens with one attached hydrogen (secondary N) is 1. The molecule has 0 bridgehead atoms. The van der Waals surface area contributed by atoms with Gasteiger partial charge in [0.15, 0.2) is 5.16 Å². The summed E-state index contributed by atoms with van der Waals surface area (Å²) in [6.45, 7) is 1.89. The second-order valence-corrected chi connectivity index (χ2v) is 5.88. The smallest absolute Gasteiger partial charge is 0.253 e. The quantitative estimate of drug-likeness (QED) is 0.561. The number of anilines is 1. The van der Waals surface area contributed by atoms with Gasteiger partial charge in [-0.3, -0.25) is 4.79 Å². The van der Waals surface area contributed by atoms with E-state index in [0.29, 0.717) is 16.9 Å². The Balaban J connectivity index is 1.79. The summed E-state index contributed by atoms with van der Waals surface area (Å²) in [6, 6.07) is 10.7. The van der Waals surface area contributed by atoms with Gasteiger partial charge in [0.05, 0.1) is 5.25 Å². The average Bonchev–Trinajstić information content (AvgIpc) is 2.97. The van der Waals surface area contributed by atoms with E-state index in [1.807, 2.05) is 37.3 Å². The van der Waals surface area contributed by atoms with Crippen LogP contribution in [0.15, 0.2) is 50.8 Å². The van der Waals surface area contributed by atoms with Crippen molar-refractivity contribution in [2.45, 2.75) is 17.3 Å². The van der Waals surface area contributed by atoms with Gasteiger partial charge in [-0.2, -0.15) is 0 Å². The van der Waals surface area contributed by atoms with E-state index in [4.69, 9.17) is 10.2 Å². The van der Waals surface area contributed by atoms with Crippen LogP contribution in [-0.2, 0) is 0 Å². The van der Waals surface area contributed by atoms with Crippen molar-refractivity contribution in [3.8, 4) is 11.5 Å². The lowest BCUT2D eigenvalue weighted by atomic mass is 10.2. The van der Waals surface area contributed by atoms with E-state index in [-0.39, 0.29) is 16.6 Å². The van der Waals surface area contributed by atoms with E-state index < -0.39 is 0 Å². The number of hydrogen-bond donors (Lipinski definition) is 2. The van der Waals surface area contributed by atoms with Crippen molar-refractivity contribution in [1.82, 2.24) is 20.2 Å². The topological polar surface area (TPSA) is 111 Å². The predicted molar refractivity (Wildman–Crippen MR) is 83.3 cm³/mol. The van der Waals surface area contributed by atoms with Crippen molar-refractivity contribution in [2.24, 2.45) is 0 Å². The number of aromatic amines is 1. The number of thioether (sulfide) groups is 1. The standard InChI is InChI=1S/C14H13N5O2S/c1-8(22-14-16-10(15)7-11(20)17-14)12-18-19-13(21-12)9-5-3-2-4-6-9/h2-8H,1H3,(H3,15,16,17,20)/t8-/m1/s1. The monoisotopic (exact) mass is 315 g/mol. The lowest BCUT2D eigenvalue weighted by molar-refractivity contribution is 0.509. The molecule has 8 heteroatoms. The molecule has 1 atom stereocenters. The third-order valence-corrected chi connectivity index (χ3v) is 3.81. The molecule has 112 valence electrons. The molecule has 0 aliphatic carbocycles. The summed E-state index contributed by atoms with van der Waals surface area (Å²) in [7, 11) is 0. The van der Waals surface area contributed by atoms with Crippen molar-refractivity contribution < 1.29 is 4.42 Å². The van der Waals surface area contributed by atoms with Crippen LogP contribution in [-0.4, -0.2) is 20.2 Å². The zero-order valence-electron chi connectivity index (χ0n) is 11.7. The third-order valence-electron chi connectivity index (χ3n) is 2.84. The van der Waals surface area contributed by atoms with Crippen molar-refractivity contribution in [2.75, 3.05) is 5.73 Å². The molecule has 0 spiro atoms. The molecule has 0 amide bonds. The number of nitrogens with zero attached hydrogens (tertiary/aromatic N) is 3. The largest absolute Gasteiger partial charge is 0.419 e. The molecule has 0 aliphatic heterocycles. The normalized spacial score (nSPS) is 12.2. The molecule has 7 nitrogen and oxygen atoms in total. The second kappa shape index (κ2) is 6.02. The van der Waals surface area contributed by atoms with Crippen LogP contribution in [0.4, 0.5) is 5.82 Å². The zero-order chi connectivity index (χ0) is 15.5. The highest BCUT2D eigenvalue weighted by Crippen LogP contribution is 2.32. The van der Waals surface area contributed by atoms with Gasteiger partial charge in [-0.05, 0) is 19.1 Å². The first kappa shape index (κ1) is 14.3. The van der Waals surface area contributed by atoms with Gasteiger partial charge < -0.3 is 15.1 Å². The number of benzene rings is 1. The Labute approximate surface area is 130 Å². The SMILES string of the molecule is C[C@@H](Sc1nc(N)cc(=O)[nH]1)c1nnc(-c2ccccc2)o1. The summed E-state index contributed by atoms with van der Waals surface area (Å²) >= 11 is 1.29. The molecule has 2 heterocycles. The van der Waals surface area contributed by atoms with Gasteiger partial charge >= 0.3 is 0 Å². The number of hydrogen-bond acceptors (Lipinski definition) is 7. The molecule has 0 aliphatic rings. The Morgan fingerprint density at radius 3 is 2.77 bits per heavy atom. The predicted octanol–water partition coefficient (Wildman–Crippen LogP) is 2.26. The van der Waals surface area contributed by atoms with Crippen LogP contribution in [0.5, 0.6) is 0 Å².